The third-order valence-corrected chi connectivity index (χ3v) is 8.69. The maximum atomic E-state index is 13.6. The maximum Gasteiger partial charge on any atom is 0.259 e. The first kappa shape index (κ1) is 23.7. The zero-order valence-corrected chi connectivity index (χ0v) is 21.2. The van der Waals surface area contributed by atoms with Crippen molar-refractivity contribution in [1.29, 1.82) is 0 Å². The highest BCUT2D eigenvalue weighted by atomic mass is 32.2. The lowest BCUT2D eigenvalue weighted by Crippen LogP contribution is -2.42. The molecular weight excluding hydrogens is 462 g/mol. The van der Waals surface area contributed by atoms with Crippen LogP contribution >= 0.6 is 0 Å². The highest BCUT2D eigenvalue weighted by Crippen LogP contribution is 2.32. The highest BCUT2D eigenvalue weighted by Gasteiger charge is 2.32. The third kappa shape index (κ3) is 4.50. The van der Waals surface area contributed by atoms with Gasteiger partial charge >= 0.3 is 0 Å². The molecule has 2 aliphatic heterocycles. The summed E-state index contributed by atoms with van der Waals surface area (Å²) in [5, 5.41) is 0. The Bertz CT molecular complexity index is 1350. The molecule has 0 aliphatic carbocycles. The van der Waals surface area contributed by atoms with Crippen LogP contribution < -0.4 is 9.80 Å². The van der Waals surface area contributed by atoms with Crippen LogP contribution in [0.5, 0.6) is 0 Å². The molecule has 184 valence electrons. The molecule has 0 unspecified atom stereocenters. The van der Waals surface area contributed by atoms with Crippen LogP contribution in [0, 0.1) is 11.8 Å². The topological polar surface area (TPSA) is 86.7 Å². The van der Waals surface area contributed by atoms with E-state index < -0.39 is 10.0 Å². The van der Waals surface area contributed by atoms with Crippen molar-refractivity contribution in [2.24, 2.45) is 11.8 Å². The zero-order valence-electron chi connectivity index (χ0n) is 20.4. The van der Waals surface area contributed by atoms with Crippen LogP contribution in [0.3, 0.4) is 0 Å². The van der Waals surface area contributed by atoms with Crippen molar-refractivity contribution in [3.05, 3.63) is 54.1 Å². The lowest BCUT2D eigenvalue weighted by atomic mass is 9.94. The van der Waals surface area contributed by atoms with E-state index in [1.54, 1.807) is 33.5 Å². The summed E-state index contributed by atoms with van der Waals surface area (Å²) in [6.45, 7) is 6.49. The summed E-state index contributed by atoms with van der Waals surface area (Å²) in [7, 11) is -1.65. The van der Waals surface area contributed by atoms with Crippen molar-refractivity contribution in [3.8, 4) is 0 Å². The number of nitrogens with zero attached hydrogens (tertiary/aromatic N) is 5. The van der Waals surface area contributed by atoms with E-state index >= 15 is 0 Å². The van der Waals surface area contributed by atoms with E-state index in [0.717, 1.165) is 30.4 Å². The molecule has 1 aromatic heterocycles. The summed E-state index contributed by atoms with van der Waals surface area (Å²) in [6, 6.07) is 13.9. The van der Waals surface area contributed by atoms with Crippen LogP contribution in [0.1, 0.15) is 37.0 Å². The molecule has 35 heavy (non-hydrogen) atoms. The summed E-state index contributed by atoms with van der Waals surface area (Å²) in [4.78, 5) is 27.1. The van der Waals surface area contributed by atoms with E-state index in [-0.39, 0.29) is 10.8 Å². The smallest absolute Gasteiger partial charge is 0.259 e. The lowest BCUT2D eigenvalue weighted by molar-refractivity contribution is 0.0986. The molecule has 3 heterocycles. The molecule has 2 atom stereocenters. The fraction of sp³-hybridized carbons (Fsp3) is 0.423. The third-order valence-electron chi connectivity index (χ3n) is 6.85. The van der Waals surface area contributed by atoms with E-state index in [1.165, 1.54) is 0 Å². The van der Waals surface area contributed by atoms with Crippen molar-refractivity contribution in [2.75, 3.05) is 43.0 Å². The first-order valence-corrected chi connectivity index (χ1v) is 13.6. The van der Waals surface area contributed by atoms with Crippen LogP contribution in [0.25, 0.3) is 11.0 Å². The molecule has 0 radical (unpaired) electrons. The average Bonchev–Trinajstić information content (AvgIpc) is 3.00. The number of sulfonamides is 1. The van der Waals surface area contributed by atoms with Gasteiger partial charge in [-0.3, -0.25) is 9.69 Å². The van der Waals surface area contributed by atoms with Gasteiger partial charge in [-0.1, -0.05) is 26.0 Å². The molecule has 0 N–H and O–H groups in total. The van der Waals surface area contributed by atoms with E-state index in [1.807, 2.05) is 36.2 Å². The van der Waals surface area contributed by atoms with Crippen molar-refractivity contribution < 1.29 is 13.2 Å². The van der Waals surface area contributed by atoms with E-state index in [9.17, 15) is 13.2 Å². The first-order valence-electron chi connectivity index (χ1n) is 12.1. The molecule has 2 aromatic carbocycles. The number of carbonyl (C=O) groups excluding carboxylic acids is 1. The molecule has 0 saturated carbocycles. The second-order valence-corrected chi connectivity index (χ2v) is 11.8. The molecule has 0 spiro atoms. The van der Waals surface area contributed by atoms with Gasteiger partial charge in [0.2, 0.25) is 10.0 Å². The summed E-state index contributed by atoms with van der Waals surface area (Å²) in [6.07, 6.45) is 1.80. The second kappa shape index (κ2) is 9.20. The molecule has 3 aromatic rings. The quantitative estimate of drug-likeness (QED) is 0.552. The second-order valence-electron chi connectivity index (χ2n) is 9.88. The van der Waals surface area contributed by atoms with Crippen molar-refractivity contribution >= 4 is 38.6 Å². The van der Waals surface area contributed by atoms with Crippen LogP contribution in [-0.4, -0.2) is 61.8 Å². The summed E-state index contributed by atoms with van der Waals surface area (Å²) >= 11 is 0. The standard InChI is InChI=1S/C26H31N5O3S/c1-18-15-19(2)17-30(16-18)35(33,34)21-11-9-20(10-12-21)26(32)31-14-6-13-29(3)24-25(31)28-23-8-5-4-7-22(23)27-24/h4-5,7-12,18-19H,6,13-17H2,1-3H3/t18-,19+. The minimum absolute atomic E-state index is 0.213. The fourth-order valence-electron chi connectivity index (χ4n) is 5.17. The van der Waals surface area contributed by atoms with Gasteiger partial charge in [0.25, 0.3) is 5.91 Å². The van der Waals surface area contributed by atoms with Crippen molar-refractivity contribution in [2.45, 2.75) is 31.6 Å². The zero-order chi connectivity index (χ0) is 24.7. The number of hydrogen-bond donors (Lipinski definition) is 0. The molecule has 1 amide bonds. The minimum Gasteiger partial charge on any atom is -0.357 e. The number of amides is 1. The molecular formula is C26H31N5O3S. The van der Waals surface area contributed by atoms with Gasteiger partial charge in [-0.05, 0) is 61.1 Å². The van der Waals surface area contributed by atoms with Gasteiger partial charge in [0.15, 0.2) is 11.6 Å². The van der Waals surface area contributed by atoms with Crippen LogP contribution in [0.2, 0.25) is 0 Å². The Balaban J connectivity index is 1.45. The number of hydrogen-bond acceptors (Lipinski definition) is 6. The van der Waals surface area contributed by atoms with Gasteiger partial charge in [-0.25, -0.2) is 18.4 Å². The Hall–Kier alpha value is -3.04. The number of para-hydroxylation sites is 2. The normalized spacial score (nSPS) is 21.6. The largest absolute Gasteiger partial charge is 0.357 e. The molecule has 8 nitrogen and oxygen atoms in total. The SMILES string of the molecule is C[C@@H]1C[C@H](C)CN(S(=O)(=O)c2ccc(C(=O)N3CCCN(C)c4nc5ccccc5nc43)cc2)C1. The highest BCUT2D eigenvalue weighted by molar-refractivity contribution is 7.89. The first-order chi connectivity index (χ1) is 16.7. The number of rotatable bonds is 3. The summed E-state index contributed by atoms with van der Waals surface area (Å²) in [5.41, 5.74) is 1.93. The van der Waals surface area contributed by atoms with Gasteiger partial charge in [0.05, 0.1) is 15.9 Å². The van der Waals surface area contributed by atoms with Crippen molar-refractivity contribution in [1.82, 2.24) is 14.3 Å². The van der Waals surface area contributed by atoms with Gasteiger partial charge in [0.1, 0.15) is 0 Å². The number of piperidine rings is 1. The predicted molar refractivity (Wildman–Crippen MR) is 137 cm³/mol. The number of carbonyl (C=O) groups is 1. The monoisotopic (exact) mass is 493 g/mol. The molecule has 1 saturated heterocycles. The average molecular weight is 494 g/mol. The Kier molecular flexibility index (Phi) is 6.23. The Morgan fingerprint density at radius 1 is 0.886 bits per heavy atom. The van der Waals surface area contributed by atoms with E-state index in [4.69, 9.17) is 9.97 Å². The van der Waals surface area contributed by atoms with Crippen LogP contribution in [0.4, 0.5) is 11.6 Å². The summed E-state index contributed by atoms with van der Waals surface area (Å²) < 4.78 is 28.0. The van der Waals surface area contributed by atoms with Gasteiger partial charge < -0.3 is 4.90 Å². The molecule has 1 fully saturated rings. The Morgan fingerprint density at radius 2 is 1.49 bits per heavy atom. The summed E-state index contributed by atoms with van der Waals surface area (Å²) in [5.74, 6) is 1.64. The lowest BCUT2D eigenvalue weighted by Gasteiger charge is -2.34. The van der Waals surface area contributed by atoms with E-state index in [0.29, 0.717) is 48.7 Å². The number of aromatic nitrogens is 2. The molecule has 5 rings (SSSR count). The number of fused-ring (bicyclic) bond motifs is 2. The molecule has 9 heteroatoms. The predicted octanol–water partition coefficient (Wildman–Crippen LogP) is 3.78. The molecule has 2 aliphatic rings. The van der Waals surface area contributed by atoms with Gasteiger partial charge in [-0.2, -0.15) is 4.31 Å². The number of benzene rings is 2. The minimum atomic E-state index is -3.60. The van der Waals surface area contributed by atoms with Crippen molar-refractivity contribution in [3.63, 3.8) is 0 Å². The van der Waals surface area contributed by atoms with Crippen LogP contribution in [0.15, 0.2) is 53.4 Å². The van der Waals surface area contributed by atoms with Gasteiger partial charge in [0, 0.05) is 38.8 Å². The molecule has 0 bridgehead atoms. The fourth-order valence-corrected chi connectivity index (χ4v) is 6.85. The number of anilines is 2. The van der Waals surface area contributed by atoms with E-state index in [2.05, 4.69) is 13.8 Å². The van der Waals surface area contributed by atoms with Crippen LogP contribution in [-0.2, 0) is 10.0 Å². The maximum absolute atomic E-state index is 13.6. The Morgan fingerprint density at radius 3 is 2.11 bits per heavy atom. The van der Waals surface area contributed by atoms with Gasteiger partial charge in [-0.15, -0.1) is 0 Å². The Labute approximate surface area is 206 Å².